The van der Waals surface area contributed by atoms with E-state index in [0.717, 1.165) is 22.4 Å². The first kappa shape index (κ1) is 14.4. The van der Waals surface area contributed by atoms with Crippen molar-refractivity contribution >= 4 is 16.7 Å². The summed E-state index contributed by atoms with van der Waals surface area (Å²) in [6.45, 7) is 2.05. The molecule has 0 amide bonds. The number of anilines is 1. The fourth-order valence-electron chi connectivity index (χ4n) is 2.33. The number of allylic oxidation sites excluding steroid dienone is 1. The third-order valence-corrected chi connectivity index (χ3v) is 3.45. The third-order valence-electron chi connectivity index (χ3n) is 3.45. The van der Waals surface area contributed by atoms with Gasteiger partial charge in [-0.15, -0.1) is 0 Å². The predicted octanol–water partition coefficient (Wildman–Crippen LogP) is 3.68. The lowest BCUT2D eigenvalue weighted by Gasteiger charge is -2.06. The molecule has 0 aliphatic carbocycles. The molecule has 5 nitrogen and oxygen atoms in total. The van der Waals surface area contributed by atoms with Crippen LogP contribution in [0, 0.1) is 29.6 Å². The molecular formula is C18H13N5. The van der Waals surface area contributed by atoms with Crippen LogP contribution in [-0.2, 0) is 0 Å². The standard InChI is InChI=1S/C18H13N5/c1-13-3-2-4-16(7-13)23-12-22-17-8-15(5-6-18(17)23)21-11-14(9-19)10-20/h2-8,11-12,21H,1H3. The highest BCUT2D eigenvalue weighted by Crippen LogP contribution is 2.22. The molecule has 0 bridgehead atoms. The molecule has 0 fully saturated rings. The van der Waals surface area contributed by atoms with Crippen LogP contribution < -0.4 is 5.32 Å². The zero-order valence-electron chi connectivity index (χ0n) is 12.5. The van der Waals surface area contributed by atoms with Crippen molar-refractivity contribution < 1.29 is 0 Å². The van der Waals surface area contributed by atoms with Gasteiger partial charge in [0.1, 0.15) is 24.0 Å². The van der Waals surface area contributed by atoms with Gasteiger partial charge in [0.15, 0.2) is 0 Å². The maximum Gasteiger partial charge on any atom is 0.145 e. The first-order valence-corrected chi connectivity index (χ1v) is 7.02. The van der Waals surface area contributed by atoms with E-state index < -0.39 is 0 Å². The monoisotopic (exact) mass is 299 g/mol. The molecule has 0 aliphatic rings. The van der Waals surface area contributed by atoms with E-state index in [1.54, 1.807) is 6.33 Å². The number of rotatable bonds is 3. The lowest BCUT2D eigenvalue weighted by molar-refractivity contribution is 1.09. The third kappa shape index (κ3) is 2.90. The first-order valence-electron chi connectivity index (χ1n) is 7.02. The molecule has 23 heavy (non-hydrogen) atoms. The van der Waals surface area contributed by atoms with Crippen LogP contribution in [0.4, 0.5) is 5.69 Å². The number of nitrogens with one attached hydrogen (secondary N) is 1. The van der Waals surface area contributed by atoms with Crippen molar-refractivity contribution in [2.75, 3.05) is 5.32 Å². The molecule has 110 valence electrons. The highest BCUT2D eigenvalue weighted by Gasteiger charge is 2.05. The second kappa shape index (κ2) is 6.05. The SMILES string of the molecule is Cc1cccc(-n2cnc3cc(NC=C(C#N)C#N)ccc32)c1. The molecular weight excluding hydrogens is 286 g/mol. The van der Waals surface area contributed by atoms with E-state index in [9.17, 15) is 0 Å². The largest absolute Gasteiger partial charge is 0.360 e. The number of hydrogen-bond donors (Lipinski definition) is 1. The molecule has 1 aromatic heterocycles. The molecule has 0 aliphatic heterocycles. The molecule has 0 atom stereocenters. The van der Waals surface area contributed by atoms with Crippen LogP contribution in [0.2, 0.25) is 0 Å². The van der Waals surface area contributed by atoms with E-state index in [1.807, 2.05) is 47.0 Å². The number of aromatic nitrogens is 2. The second-order valence-electron chi connectivity index (χ2n) is 5.08. The Balaban J connectivity index is 1.97. The van der Waals surface area contributed by atoms with E-state index in [1.165, 1.54) is 11.8 Å². The molecule has 0 radical (unpaired) electrons. The molecule has 2 aromatic carbocycles. The van der Waals surface area contributed by atoms with Gasteiger partial charge in [0.2, 0.25) is 0 Å². The highest BCUT2D eigenvalue weighted by molar-refractivity contribution is 5.81. The Morgan fingerprint density at radius 3 is 2.74 bits per heavy atom. The topological polar surface area (TPSA) is 77.4 Å². The van der Waals surface area contributed by atoms with Gasteiger partial charge in [-0.05, 0) is 42.8 Å². The molecule has 0 spiro atoms. The summed E-state index contributed by atoms with van der Waals surface area (Å²) in [5.74, 6) is 0. The van der Waals surface area contributed by atoms with Crippen molar-refractivity contribution in [2.45, 2.75) is 6.92 Å². The molecule has 5 heteroatoms. The smallest absolute Gasteiger partial charge is 0.145 e. The van der Waals surface area contributed by atoms with Gasteiger partial charge in [-0.3, -0.25) is 4.57 Å². The van der Waals surface area contributed by atoms with Crippen LogP contribution in [0.3, 0.4) is 0 Å². The summed E-state index contributed by atoms with van der Waals surface area (Å²) in [6.07, 6.45) is 3.17. The van der Waals surface area contributed by atoms with E-state index in [4.69, 9.17) is 10.5 Å². The maximum absolute atomic E-state index is 8.73. The Morgan fingerprint density at radius 1 is 1.17 bits per heavy atom. The van der Waals surface area contributed by atoms with Crippen LogP contribution in [-0.4, -0.2) is 9.55 Å². The number of hydrogen-bond acceptors (Lipinski definition) is 4. The van der Waals surface area contributed by atoms with Gasteiger partial charge in [-0.25, -0.2) is 4.98 Å². The molecule has 0 unspecified atom stereocenters. The van der Waals surface area contributed by atoms with E-state index >= 15 is 0 Å². The van der Waals surface area contributed by atoms with Gasteiger partial charge in [0.25, 0.3) is 0 Å². The minimum Gasteiger partial charge on any atom is -0.360 e. The summed E-state index contributed by atoms with van der Waals surface area (Å²) in [5, 5.41) is 20.4. The zero-order valence-corrected chi connectivity index (χ0v) is 12.5. The first-order chi connectivity index (χ1) is 11.2. The summed E-state index contributed by atoms with van der Waals surface area (Å²) in [5.41, 5.74) is 4.87. The Bertz CT molecular complexity index is 967. The highest BCUT2D eigenvalue weighted by atomic mass is 15.0. The van der Waals surface area contributed by atoms with Gasteiger partial charge in [-0.2, -0.15) is 10.5 Å². The predicted molar refractivity (Wildman–Crippen MR) is 88.7 cm³/mol. The van der Waals surface area contributed by atoms with Crippen molar-refractivity contribution in [3.8, 4) is 17.8 Å². The Labute approximate surface area is 133 Å². The fraction of sp³-hybridized carbons (Fsp3) is 0.0556. The van der Waals surface area contributed by atoms with Gasteiger partial charge >= 0.3 is 0 Å². The lowest BCUT2D eigenvalue weighted by Crippen LogP contribution is -1.93. The second-order valence-corrected chi connectivity index (χ2v) is 5.08. The average Bonchev–Trinajstić information content (AvgIpc) is 2.99. The average molecular weight is 299 g/mol. The molecule has 1 N–H and O–H groups in total. The van der Waals surface area contributed by atoms with Crippen molar-refractivity contribution in [1.82, 2.24) is 9.55 Å². The number of aryl methyl sites for hydroxylation is 1. The molecule has 1 heterocycles. The minimum absolute atomic E-state index is 0.0235. The number of benzene rings is 2. The molecule has 3 aromatic rings. The minimum atomic E-state index is 0.0235. The fourth-order valence-corrected chi connectivity index (χ4v) is 2.33. The zero-order chi connectivity index (χ0) is 16.2. The van der Waals surface area contributed by atoms with Crippen LogP contribution in [0.15, 0.2) is 60.6 Å². The summed E-state index contributed by atoms with van der Waals surface area (Å²) >= 11 is 0. The van der Waals surface area contributed by atoms with Crippen molar-refractivity contribution in [3.63, 3.8) is 0 Å². The Morgan fingerprint density at radius 2 is 2.00 bits per heavy atom. The Hall–Kier alpha value is -3.57. The number of nitrogens with zero attached hydrogens (tertiary/aromatic N) is 4. The van der Waals surface area contributed by atoms with E-state index in [-0.39, 0.29) is 5.57 Å². The van der Waals surface area contributed by atoms with Crippen molar-refractivity contribution in [1.29, 1.82) is 10.5 Å². The van der Waals surface area contributed by atoms with Crippen molar-refractivity contribution in [2.24, 2.45) is 0 Å². The van der Waals surface area contributed by atoms with Crippen LogP contribution in [0.1, 0.15) is 5.56 Å². The summed E-state index contributed by atoms with van der Waals surface area (Å²) < 4.78 is 2.03. The lowest BCUT2D eigenvalue weighted by atomic mass is 10.2. The van der Waals surface area contributed by atoms with Gasteiger partial charge < -0.3 is 5.32 Å². The molecule has 3 rings (SSSR count). The maximum atomic E-state index is 8.73. The normalized spacial score (nSPS) is 9.87. The molecule has 0 saturated heterocycles. The number of imidazole rings is 1. The van der Waals surface area contributed by atoms with Gasteiger partial charge in [0, 0.05) is 17.6 Å². The van der Waals surface area contributed by atoms with E-state index in [2.05, 4.69) is 29.4 Å². The van der Waals surface area contributed by atoms with Gasteiger partial charge in [0.05, 0.1) is 11.0 Å². The number of nitriles is 2. The quantitative estimate of drug-likeness (QED) is 0.748. The van der Waals surface area contributed by atoms with Gasteiger partial charge in [-0.1, -0.05) is 12.1 Å². The summed E-state index contributed by atoms with van der Waals surface area (Å²) in [7, 11) is 0. The van der Waals surface area contributed by atoms with E-state index in [0.29, 0.717) is 0 Å². The van der Waals surface area contributed by atoms with Crippen LogP contribution in [0.25, 0.3) is 16.7 Å². The van der Waals surface area contributed by atoms with Crippen molar-refractivity contribution in [3.05, 3.63) is 66.1 Å². The van der Waals surface area contributed by atoms with Crippen LogP contribution in [0.5, 0.6) is 0 Å². The summed E-state index contributed by atoms with van der Waals surface area (Å²) in [6, 6.07) is 17.5. The Kier molecular flexibility index (Phi) is 3.78. The molecule has 0 saturated carbocycles. The summed E-state index contributed by atoms with van der Waals surface area (Å²) in [4.78, 5) is 4.43. The number of fused-ring (bicyclic) bond motifs is 1. The van der Waals surface area contributed by atoms with Crippen LogP contribution >= 0.6 is 0 Å².